The highest BCUT2D eigenvalue weighted by molar-refractivity contribution is 6.18. The van der Waals surface area contributed by atoms with Gasteiger partial charge in [0.15, 0.2) is 6.20 Å². The van der Waals surface area contributed by atoms with Crippen molar-refractivity contribution in [2.75, 3.05) is 24.4 Å². The number of halogens is 1. The number of nitrogens with zero attached hydrogens (tertiary/aromatic N) is 2. The molecule has 3 rings (SSSR count). The van der Waals surface area contributed by atoms with Crippen LogP contribution >= 0.6 is 11.6 Å². The molecular weight excluding hydrogens is 316 g/mol. The Hall–Kier alpha value is -2.32. The molecule has 0 spiro atoms. The molecule has 0 amide bonds. The van der Waals surface area contributed by atoms with Crippen molar-refractivity contribution in [3.05, 3.63) is 71.9 Å². The standard InChI is InChI=1S/C21H22ClN2/c1-23(16-14-22)19-11-8-17(9-12-19)7-10-18-13-15-24(2)21-6-4-3-5-20(18)21/h3-13,15H,14,16H2,1-2H3/q+1. The van der Waals surface area contributed by atoms with Crippen LogP contribution in [0.2, 0.25) is 0 Å². The van der Waals surface area contributed by atoms with Gasteiger partial charge in [-0.05, 0) is 29.3 Å². The van der Waals surface area contributed by atoms with Gasteiger partial charge in [0.25, 0.3) is 0 Å². The molecule has 1 aromatic heterocycles. The fourth-order valence-electron chi connectivity index (χ4n) is 2.81. The number of aromatic nitrogens is 1. The van der Waals surface area contributed by atoms with Crippen LogP contribution in [0.15, 0.2) is 60.8 Å². The minimum Gasteiger partial charge on any atom is -0.373 e. The Morgan fingerprint density at radius 1 is 1.00 bits per heavy atom. The van der Waals surface area contributed by atoms with Crippen LogP contribution in [0.1, 0.15) is 11.1 Å². The number of para-hydroxylation sites is 1. The summed E-state index contributed by atoms with van der Waals surface area (Å²) in [5.74, 6) is 0.636. The molecule has 2 nitrogen and oxygen atoms in total. The minimum absolute atomic E-state index is 0.636. The topological polar surface area (TPSA) is 7.12 Å². The lowest BCUT2D eigenvalue weighted by Crippen LogP contribution is -2.28. The number of fused-ring (bicyclic) bond motifs is 1. The minimum atomic E-state index is 0.636. The Bertz CT molecular complexity index is 853. The molecule has 3 heteroatoms. The largest absolute Gasteiger partial charge is 0.373 e. The van der Waals surface area contributed by atoms with Gasteiger partial charge in [0.1, 0.15) is 7.05 Å². The normalized spacial score (nSPS) is 11.3. The zero-order valence-electron chi connectivity index (χ0n) is 14.1. The van der Waals surface area contributed by atoms with Crippen molar-refractivity contribution in [3.8, 4) is 0 Å². The molecule has 0 radical (unpaired) electrons. The first-order valence-corrected chi connectivity index (χ1v) is 8.65. The zero-order chi connectivity index (χ0) is 16.9. The van der Waals surface area contributed by atoms with Crippen molar-refractivity contribution in [3.63, 3.8) is 0 Å². The van der Waals surface area contributed by atoms with Crippen LogP contribution in [0.5, 0.6) is 0 Å². The third-order valence-electron chi connectivity index (χ3n) is 4.28. The molecule has 0 unspecified atom stereocenters. The Morgan fingerprint density at radius 3 is 2.50 bits per heavy atom. The van der Waals surface area contributed by atoms with Crippen molar-refractivity contribution in [1.29, 1.82) is 0 Å². The van der Waals surface area contributed by atoms with E-state index in [-0.39, 0.29) is 0 Å². The number of alkyl halides is 1. The third-order valence-corrected chi connectivity index (χ3v) is 4.45. The van der Waals surface area contributed by atoms with E-state index in [1.54, 1.807) is 0 Å². The van der Waals surface area contributed by atoms with Crippen molar-refractivity contribution >= 4 is 40.3 Å². The van der Waals surface area contributed by atoms with Gasteiger partial charge >= 0.3 is 0 Å². The number of benzene rings is 2. The van der Waals surface area contributed by atoms with E-state index in [0.717, 1.165) is 6.54 Å². The summed E-state index contributed by atoms with van der Waals surface area (Å²) in [6, 6.07) is 19.2. The number of aryl methyl sites for hydroxylation is 1. The highest BCUT2D eigenvalue weighted by Gasteiger charge is 2.06. The molecule has 0 saturated carbocycles. The molecule has 24 heavy (non-hydrogen) atoms. The molecule has 0 aliphatic heterocycles. The van der Waals surface area contributed by atoms with E-state index in [1.807, 2.05) is 0 Å². The van der Waals surface area contributed by atoms with Crippen LogP contribution in [-0.2, 0) is 7.05 Å². The number of hydrogen-bond acceptors (Lipinski definition) is 1. The lowest BCUT2D eigenvalue weighted by atomic mass is 10.1. The smallest absolute Gasteiger partial charge is 0.212 e. The predicted octanol–water partition coefficient (Wildman–Crippen LogP) is 4.51. The van der Waals surface area contributed by atoms with Crippen LogP contribution in [0.3, 0.4) is 0 Å². The van der Waals surface area contributed by atoms with Gasteiger partial charge in [-0.15, -0.1) is 11.6 Å². The molecule has 0 aliphatic rings. The maximum atomic E-state index is 5.80. The van der Waals surface area contributed by atoms with Gasteiger partial charge in [-0.25, -0.2) is 4.57 Å². The third kappa shape index (κ3) is 3.60. The van der Waals surface area contributed by atoms with E-state index in [1.165, 1.54) is 27.7 Å². The average Bonchev–Trinajstić information content (AvgIpc) is 2.62. The maximum absolute atomic E-state index is 5.80. The van der Waals surface area contributed by atoms with Crippen molar-refractivity contribution in [2.24, 2.45) is 7.05 Å². The van der Waals surface area contributed by atoms with Crippen LogP contribution < -0.4 is 9.47 Å². The fourth-order valence-corrected chi connectivity index (χ4v) is 3.07. The van der Waals surface area contributed by atoms with E-state index in [4.69, 9.17) is 11.6 Å². The second kappa shape index (κ2) is 7.50. The Balaban J connectivity index is 1.85. The number of anilines is 1. The Labute approximate surface area is 148 Å². The Morgan fingerprint density at radius 2 is 1.75 bits per heavy atom. The molecule has 2 aromatic carbocycles. The van der Waals surface area contributed by atoms with Crippen molar-refractivity contribution in [2.45, 2.75) is 0 Å². The summed E-state index contributed by atoms with van der Waals surface area (Å²) in [6.07, 6.45) is 6.44. The molecule has 122 valence electrons. The second-order valence-corrected chi connectivity index (χ2v) is 6.31. The predicted molar refractivity (Wildman–Crippen MR) is 104 cm³/mol. The first-order chi connectivity index (χ1) is 11.7. The molecular formula is C21H22ClN2+. The van der Waals surface area contributed by atoms with Gasteiger partial charge in [0.2, 0.25) is 5.52 Å². The van der Waals surface area contributed by atoms with Crippen LogP contribution in [0.4, 0.5) is 5.69 Å². The van der Waals surface area contributed by atoms with Gasteiger partial charge in [0, 0.05) is 37.3 Å². The van der Waals surface area contributed by atoms with Crippen LogP contribution in [0.25, 0.3) is 23.1 Å². The number of rotatable bonds is 5. The first kappa shape index (κ1) is 16.5. The lowest BCUT2D eigenvalue weighted by Gasteiger charge is -2.17. The maximum Gasteiger partial charge on any atom is 0.212 e. The quantitative estimate of drug-likeness (QED) is 0.491. The monoisotopic (exact) mass is 337 g/mol. The first-order valence-electron chi connectivity index (χ1n) is 8.11. The van der Waals surface area contributed by atoms with Gasteiger partial charge in [-0.2, -0.15) is 0 Å². The summed E-state index contributed by atoms with van der Waals surface area (Å²) < 4.78 is 2.15. The van der Waals surface area contributed by atoms with Gasteiger partial charge in [0.05, 0.1) is 5.39 Å². The molecule has 0 fully saturated rings. The molecule has 0 aliphatic carbocycles. The highest BCUT2D eigenvalue weighted by atomic mass is 35.5. The van der Waals surface area contributed by atoms with Crippen LogP contribution in [-0.4, -0.2) is 19.5 Å². The molecule has 0 atom stereocenters. The van der Waals surface area contributed by atoms with Crippen LogP contribution in [0, 0.1) is 0 Å². The molecule has 0 bridgehead atoms. The van der Waals surface area contributed by atoms with E-state index >= 15 is 0 Å². The molecule has 1 heterocycles. The summed E-state index contributed by atoms with van der Waals surface area (Å²) >= 11 is 5.80. The summed E-state index contributed by atoms with van der Waals surface area (Å²) in [6.45, 7) is 0.851. The van der Waals surface area contributed by atoms with E-state index in [9.17, 15) is 0 Å². The molecule has 3 aromatic rings. The van der Waals surface area contributed by atoms with Gasteiger partial charge in [-0.3, -0.25) is 0 Å². The summed E-state index contributed by atoms with van der Waals surface area (Å²) in [7, 11) is 4.13. The van der Waals surface area contributed by atoms with E-state index in [2.05, 4.69) is 96.5 Å². The van der Waals surface area contributed by atoms with Crippen molar-refractivity contribution in [1.82, 2.24) is 0 Å². The molecule has 0 saturated heterocycles. The summed E-state index contributed by atoms with van der Waals surface area (Å²) in [5, 5.41) is 1.26. The fraction of sp³-hybridized carbons (Fsp3) is 0.190. The van der Waals surface area contributed by atoms with E-state index in [0.29, 0.717) is 5.88 Å². The highest BCUT2D eigenvalue weighted by Crippen LogP contribution is 2.19. The molecule has 0 N–H and O–H groups in total. The number of pyridine rings is 1. The zero-order valence-corrected chi connectivity index (χ0v) is 14.9. The van der Waals surface area contributed by atoms with Gasteiger partial charge in [-0.1, -0.05) is 36.4 Å². The number of hydrogen-bond donors (Lipinski definition) is 0. The Kier molecular flexibility index (Phi) is 5.17. The average molecular weight is 338 g/mol. The van der Waals surface area contributed by atoms with Crippen molar-refractivity contribution < 1.29 is 4.57 Å². The van der Waals surface area contributed by atoms with Gasteiger partial charge < -0.3 is 4.90 Å². The second-order valence-electron chi connectivity index (χ2n) is 5.93. The summed E-state index contributed by atoms with van der Waals surface area (Å²) in [5.41, 5.74) is 4.84. The van der Waals surface area contributed by atoms with E-state index < -0.39 is 0 Å². The summed E-state index contributed by atoms with van der Waals surface area (Å²) in [4.78, 5) is 2.16. The lowest BCUT2D eigenvalue weighted by molar-refractivity contribution is -0.644. The SMILES string of the molecule is CN(CCCl)c1ccc(/C=C/c2cc[n+](C)c3ccccc23)cc1.